The van der Waals surface area contributed by atoms with Crippen molar-refractivity contribution in [2.24, 2.45) is 0 Å². The predicted octanol–water partition coefficient (Wildman–Crippen LogP) is 3.94. The van der Waals surface area contributed by atoms with Crippen molar-refractivity contribution >= 4 is 46.3 Å². The van der Waals surface area contributed by atoms with Crippen LogP contribution in [-0.4, -0.2) is 45.8 Å². The van der Waals surface area contributed by atoms with Crippen molar-refractivity contribution in [2.75, 3.05) is 13.2 Å². The van der Waals surface area contributed by atoms with Crippen molar-refractivity contribution in [3.63, 3.8) is 0 Å². The van der Waals surface area contributed by atoms with E-state index in [0.717, 1.165) is 24.8 Å². The molecule has 4 heterocycles. The lowest BCUT2D eigenvalue weighted by Crippen LogP contribution is -2.42. The maximum Gasteiger partial charge on any atom is 0.327 e. The Hall–Kier alpha value is -3.20. The number of aromatic nitrogens is 3. The molecule has 0 unspecified atom stereocenters. The Kier molecular flexibility index (Phi) is 7.07. The second-order valence-corrected chi connectivity index (χ2v) is 10.1. The highest BCUT2D eigenvalue weighted by molar-refractivity contribution is 6.44. The number of carbonyl (C=O) groups excluding carboxylic acids is 2. The summed E-state index contributed by atoms with van der Waals surface area (Å²) in [6, 6.07) is 8.56. The van der Waals surface area contributed by atoms with Gasteiger partial charge in [0.05, 0.1) is 33.9 Å². The molecule has 1 saturated heterocycles. The monoisotopic (exact) mass is 541 g/mol. The third kappa shape index (κ3) is 4.65. The first-order valence-electron chi connectivity index (χ1n) is 12.3. The molecule has 0 aliphatic carbocycles. The van der Waals surface area contributed by atoms with Crippen LogP contribution in [0.4, 0.5) is 0 Å². The molecule has 10 heteroatoms. The summed E-state index contributed by atoms with van der Waals surface area (Å²) in [5.41, 5.74) is 1.93. The molecule has 3 aromatic rings. The molecule has 1 fully saturated rings. The molecule has 0 spiro atoms. The zero-order chi connectivity index (χ0) is 26.3. The van der Waals surface area contributed by atoms with Gasteiger partial charge in [-0.1, -0.05) is 36.5 Å². The van der Waals surface area contributed by atoms with Crippen molar-refractivity contribution in [2.45, 2.75) is 45.6 Å². The standard InChI is InChI=1S/C27H26Cl2N4O4/c1-3-6-21-22(26(35)33(30-21)17-9-10-19(28)20(29)13-17)23-24(31-11-4-7-16(2)14-31)27(36)32(25(23)34)15-18-8-5-12-37-18/h4,7,9-11,13-14,18H,3,5-6,8,12,15H2,1-2H3/p+1/t18-/m0/s1. The molecule has 8 nitrogen and oxygen atoms in total. The van der Waals surface area contributed by atoms with E-state index >= 15 is 0 Å². The van der Waals surface area contributed by atoms with E-state index in [1.54, 1.807) is 41.2 Å². The van der Waals surface area contributed by atoms with Gasteiger partial charge in [-0.2, -0.15) is 4.57 Å². The SMILES string of the molecule is CCCc1[nH]n(-c2ccc(Cl)c(Cl)c2)c(=O)c1C1=C([n+]2cccc(C)c2)C(=O)N(C[C@@H]2CCCO2)C1=O. The second-order valence-electron chi connectivity index (χ2n) is 9.32. The Morgan fingerprint density at radius 2 is 1.95 bits per heavy atom. The number of pyridine rings is 1. The van der Waals surface area contributed by atoms with E-state index in [1.807, 2.05) is 19.9 Å². The molecule has 1 aromatic carbocycles. The first kappa shape index (κ1) is 25.4. The largest absolute Gasteiger partial charge is 0.376 e. The van der Waals surface area contributed by atoms with Crippen LogP contribution in [-0.2, 0) is 20.7 Å². The highest BCUT2D eigenvalue weighted by Gasteiger charge is 2.48. The van der Waals surface area contributed by atoms with E-state index in [4.69, 9.17) is 27.9 Å². The zero-order valence-corrected chi connectivity index (χ0v) is 22.1. The number of H-pyrrole nitrogens is 1. The molecular weight excluding hydrogens is 515 g/mol. The van der Waals surface area contributed by atoms with Gasteiger partial charge in [-0.15, -0.1) is 0 Å². The fraction of sp³-hybridized carbons (Fsp3) is 0.333. The van der Waals surface area contributed by atoms with Gasteiger partial charge in [-0.05, 0) is 50.5 Å². The topological polar surface area (TPSA) is 88.3 Å². The van der Waals surface area contributed by atoms with Crippen LogP contribution < -0.4 is 10.1 Å². The number of amides is 2. The fourth-order valence-corrected chi connectivity index (χ4v) is 5.19. The number of rotatable bonds is 7. The Morgan fingerprint density at radius 3 is 2.62 bits per heavy atom. The lowest BCUT2D eigenvalue weighted by Gasteiger charge is -2.18. The Bertz CT molecular complexity index is 1480. The number of hydrogen-bond donors (Lipinski definition) is 1. The zero-order valence-electron chi connectivity index (χ0n) is 20.6. The molecule has 0 bridgehead atoms. The van der Waals surface area contributed by atoms with Gasteiger partial charge in [0.1, 0.15) is 5.57 Å². The minimum absolute atomic E-state index is 0.0853. The third-order valence-corrected chi connectivity index (χ3v) is 7.38. The van der Waals surface area contributed by atoms with E-state index in [0.29, 0.717) is 34.5 Å². The van der Waals surface area contributed by atoms with Gasteiger partial charge >= 0.3 is 5.91 Å². The Labute approximate surface area is 224 Å². The minimum atomic E-state index is -0.501. The van der Waals surface area contributed by atoms with Crippen molar-refractivity contribution < 1.29 is 18.9 Å². The van der Waals surface area contributed by atoms with Crippen molar-refractivity contribution in [3.05, 3.63) is 79.9 Å². The van der Waals surface area contributed by atoms with Gasteiger partial charge in [0.2, 0.25) is 0 Å². The third-order valence-electron chi connectivity index (χ3n) is 6.64. The van der Waals surface area contributed by atoms with E-state index < -0.39 is 17.4 Å². The summed E-state index contributed by atoms with van der Waals surface area (Å²) in [6.45, 7) is 4.63. The number of halogens is 2. The predicted molar refractivity (Wildman–Crippen MR) is 141 cm³/mol. The van der Waals surface area contributed by atoms with Crippen LogP contribution in [0.25, 0.3) is 17.0 Å². The highest BCUT2D eigenvalue weighted by Crippen LogP contribution is 2.32. The van der Waals surface area contributed by atoms with E-state index in [2.05, 4.69) is 5.10 Å². The molecule has 0 radical (unpaired) electrons. The molecule has 2 amide bonds. The summed E-state index contributed by atoms with van der Waals surface area (Å²) in [6.07, 6.45) is 6.15. The molecule has 1 N–H and O–H groups in total. The summed E-state index contributed by atoms with van der Waals surface area (Å²) in [7, 11) is 0. The number of carbonyl (C=O) groups is 2. The average Bonchev–Trinajstić information content (AvgIpc) is 3.55. The number of benzene rings is 1. The van der Waals surface area contributed by atoms with Crippen LogP contribution in [0.1, 0.15) is 43.0 Å². The summed E-state index contributed by atoms with van der Waals surface area (Å²) in [4.78, 5) is 42.8. The van der Waals surface area contributed by atoms with Crippen LogP contribution in [0.15, 0.2) is 47.5 Å². The summed E-state index contributed by atoms with van der Waals surface area (Å²) < 4.78 is 8.69. The smallest absolute Gasteiger partial charge is 0.327 e. The van der Waals surface area contributed by atoms with Crippen molar-refractivity contribution in [1.82, 2.24) is 14.7 Å². The van der Waals surface area contributed by atoms with Gasteiger partial charge < -0.3 is 4.74 Å². The number of aromatic amines is 1. The number of nitrogens with one attached hydrogen (secondary N) is 1. The summed E-state index contributed by atoms with van der Waals surface area (Å²) in [5, 5.41) is 3.81. The molecule has 2 aliphatic rings. The molecule has 37 heavy (non-hydrogen) atoms. The van der Waals surface area contributed by atoms with Gasteiger partial charge in [-0.3, -0.25) is 24.4 Å². The van der Waals surface area contributed by atoms with Crippen LogP contribution >= 0.6 is 23.2 Å². The van der Waals surface area contributed by atoms with Gasteiger partial charge in [0.15, 0.2) is 12.4 Å². The van der Waals surface area contributed by atoms with Crippen molar-refractivity contribution in [3.8, 4) is 5.69 Å². The van der Waals surface area contributed by atoms with E-state index in [-0.39, 0.29) is 29.5 Å². The molecule has 2 aliphatic heterocycles. The Balaban J connectivity index is 1.72. The first-order valence-corrected chi connectivity index (χ1v) is 13.1. The molecule has 0 saturated carbocycles. The first-order chi connectivity index (χ1) is 17.8. The van der Waals surface area contributed by atoms with Gasteiger partial charge in [0, 0.05) is 23.9 Å². The lowest BCUT2D eigenvalue weighted by atomic mass is 10.0. The van der Waals surface area contributed by atoms with Gasteiger partial charge in [-0.25, -0.2) is 4.68 Å². The average molecular weight is 542 g/mol. The van der Waals surface area contributed by atoms with Crippen LogP contribution in [0.2, 0.25) is 10.0 Å². The molecule has 2 aromatic heterocycles. The Morgan fingerprint density at radius 1 is 1.14 bits per heavy atom. The summed E-state index contributed by atoms with van der Waals surface area (Å²) in [5.74, 6) is -0.950. The normalized spacial score (nSPS) is 17.9. The maximum atomic E-state index is 13.9. The molecular formula is C27H27Cl2N4O4+. The van der Waals surface area contributed by atoms with Crippen LogP contribution in [0, 0.1) is 6.92 Å². The van der Waals surface area contributed by atoms with Crippen LogP contribution in [0.5, 0.6) is 0 Å². The lowest BCUT2D eigenvalue weighted by molar-refractivity contribution is -0.577. The highest BCUT2D eigenvalue weighted by atomic mass is 35.5. The quantitative estimate of drug-likeness (QED) is 0.362. The second kappa shape index (κ2) is 10.3. The molecule has 1 atom stereocenters. The molecule has 192 valence electrons. The fourth-order valence-electron chi connectivity index (χ4n) is 4.90. The van der Waals surface area contributed by atoms with Gasteiger partial charge in [0.25, 0.3) is 17.2 Å². The molecule has 5 rings (SSSR count). The number of ether oxygens (including phenoxy) is 1. The summed E-state index contributed by atoms with van der Waals surface area (Å²) >= 11 is 12.3. The number of imide groups is 1. The number of aryl methyl sites for hydroxylation is 2. The number of hydrogen-bond acceptors (Lipinski definition) is 4. The maximum absolute atomic E-state index is 13.9. The number of nitrogens with zero attached hydrogens (tertiary/aromatic N) is 3. The van der Waals surface area contributed by atoms with E-state index in [9.17, 15) is 14.4 Å². The minimum Gasteiger partial charge on any atom is -0.376 e. The van der Waals surface area contributed by atoms with E-state index in [1.165, 1.54) is 9.58 Å². The van der Waals surface area contributed by atoms with Crippen LogP contribution in [0.3, 0.4) is 0 Å². The van der Waals surface area contributed by atoms with Crippen molar-refractivity contribution in [1.29, 1.82) is 0 Å².